The largest absolute Gasteiger partial charge is 0.485 e. The first-order valence-electron chi connectivity index (χ1n) is 6.94. The Hall–Kier alpha value is -1.11. The molecule has 1 heterocycles. The maximum Gasteiger partial charge on any atom is 0.241 e. The van der Waals surface area contributed by atoms with Crippen molar-refractivity contribution in [1.82, 2.24) is 4.72 Å². The molecule has 0 aliphatic carbocycles. The van der Waals surface area contributed by atoms with Crippen molar-refractivity contribution in [3.05, 3.63) is 24.3 Å². The van der Waals surface area contributed by atoms with Crippen LogP contribution in [-0.4, -0.2) is 32.3 Å². The van der Waals surface area contributed by atoms with Crippen molar-refractivity contribution in [2.45, 2.75) is 56.8 Å². The molecule has 1 fully saturated rings. The van der Waals surface area contributed by atoms with Gasteiger partial charge in [0.05, 0.1) is 11.5 Å². The molecule has 1 atom stereocenters. The molecule has 0 saturated carbocycles. The molecule has 0 bridgehead atoms. The molecule has 118 valence electrons. The molecule has 2 rings (SSSR count). The third kappa shape index (κ3) is 4.43. The molecule has 1 unspecified atom stereocenters. The minimum Gasteiger partial charge on any atom is -0.485 e. The van der Waals surface area contributed by atoms with Crippen LogP contribution in [-0.2, 0) is 14.8 Å². The SMILES string of the molecule is CC(C)(C)NS(=O)(=O)c1ccc(OC(C)(C)C2CO2)cc1. The maximum absolute atomic E-state index is 12.2. The smallest absolute Gasteiger partial charge is 0.241 e. The van der Waals surface area contributed by atoms with E-state index in [1.807, 2.05) is 13.8 Å². The van der Waals surface area contributed by atoms with Gasteiger partial charge in [-0.3, -0.25) is 0 Å². The second-order valence-corrected chi connectivity index (χ2v) is 8.54. The summed E-state index contributed by atoms with van der Waals surface area (Å²) in [6.07, 6.45) is 0.100. The molecule has 21 heavy (non-hydrogen) atoms. The average molecular weight is 313 g/mol. The van der Waals surface area contributed by atoms with E-state index in [0.29, 0.717) is 12.4 Å². The number of ether oxygens (including phenoxy) is 2. The topological polar surface area (TPSA) is 67.9 Å². The van der Waals surface area contributed by atoms with Crippen LogP contribution in [0.15, 0.2) is 29.2 Å². The Morgan fingerprint density at radius 1 is 1.14 bits per heavy atom. The van der Waals surface area contributed by atoms with Crippen LogP contribution in [0.2, 0.25) is 0 Å². The third-order valence-corrected chi connectivity index (χ3v) is 4.84. The van der Waals surface area contributed by atoms with Crippen molar-refractivity contribution in [1.29, 1.82) is 0 Å². The zero-order valence-electron chi connectivity index (χ0n) is 13.1. The number of hydrogen-bond acceptors (Lipinski definition) is 4. The predicted molar refractivity (Wildman–Crippen MR) is 81.0 cm³/mol. The Morgan fingerprint density at radius 2 is 1.67 bits per heavy atom. The van der Waals surface area contributed by atoms with Crippen molar-refractivity contribution >= 4 is 10.0 Å². The van der Waals surface area contributed by atoms with Gasteiger partial charge in [-0.2, -0.15) is 0 Å². The highest BCUT2D eigenvalue weighted by molar-refractivity contribution is 7.89. The summed E-state index contributed by atoms with van der Waals surface area (Å²) in [4.78, 5) is 0.227. The molecular formula is C15H23NO4S. The van der Waals surface area contributed by atoms with Gasteiger partial charge in [0.2, 0.25) is 10.0 Å². The van der Waals surface area contributed by atoms with Crippen molar-refractivity contribution in [2.24, 2.45) is 0 Å². The highest BCUT2D eigenvalue weighted by atomic mass is 32.2. The van der Waals surface area contributed by atoms with Crippen LogP contribution >= 0.6 is 0 Å². The first kappa shape index (κ1) is 16.3. The van der Waals surface area contributed by atoms with Crippen LogP contribution in [0.25, 0.3) is 0 Å². The van der Waals surface area contributed by atoms with Crippen molar-refractivity contribution in [3.63, 3.8) is 0 Å². The lowest BCUT2D eigenvalue weighted by Crippen LogP contribution is -2.40. The van der Waals surface area contributed by atoms with Crippen molar-refractivity contribution in [2.75, 3.05) is 6.61 Å². The highest BCUT2D eigenvalue weighted by Gasteiger charge is 2.41. The summed E-state index contributed by atoms with van der Waals surface area (Å²) < 4.78 is 38.1. The molecule has 1 aromatic rings. The highest BCUT2D eigenvalue weighted by Crippen LogP contribution is 2.30. The van der Waals surface area contributed by atoms with Crippen LogP contribution < -0.4 is 9.46 Å². The van der Waals surface area contributed by atoms with Crippen LogP contribution in [0.4, 0.5) is 0 Å². The van der Waals surface area contributed by atoms with Crippen LogP contribution in [0.1, 0.15) is 34.6 Å². The molecule has 1 aliphatic heterocycles. The van der Waals surface area contributed by atoms with Gasteiger partial charge in [0.1, 0.15) is 17.5 Å². The van der Waals surface area contributed by atoms with Gasteiger partial charge in [0.25, 0.3) is 0 Å². The summed E-state index contributed by atoms with van der Waals surface area (Å²) in [6.45, 7) is 10.0. The Balaban J connectivity index is 2.12. The fourth-order valence-corrected chi connectivity index (χ4v) is 3.39. The summed E-state index contributed by atoms with van der Waals surface area (Å²) >= 11 is 0. The quantitative estimate of drug-likeness (QED) is 0.847. The van der Waals surface area contributed by atoms with E-state index in [0.717, 1.165) is 0 Å². The molecule has 1 saturated heterocycles. The van der Waals surface area contributed by atoms with Gasteiger partial charge in [-0.1, -0.05) is 0 Å². The average Bonchev–Trinajstić information content (AvgIpc) is 3.09. The van der Waals surface area contributed by atoms with E-state index in [2.05, 4.69) is 4.72 Å². The molecular weight excluding hydrogens is 290 g/mol. The fraction of sp³-hybridized carbons (Fsp3) is 0.600. The van der Waals surface area contributed by atoms with Gasteiger partial charge in [-0.05, 0) is 58.9 Å². The predicted octanol–water partition coefficient (Wildman–Crippen LogP) is 2.32. The lowest BCUT2D eigenvalue weighted by molar-refractivity contribution is 0.0743. The molecule has 6 heteroatoms. The van der Waals surface area contributed by atoms with Crippen LogP contribution in [0.3, 0.4) is 0 Å². The minimum absolute atomic E-state index is 0.100. The molecule has 0 aromatic heterocycles. The number of nitrogens with one attached hydrogen (secondary N) is 1. The van der Waals surface area contributed by atoms with Gasteiger partial charge in [0, 0.05) is 5.54 Å². The van der Waals surface area contributed by atoms with E-state index in [-0.39, 0.29) is 11.0 Å². The van der Waals surface area contributed by atoms with Crippen molar-refractivity contribution < 1.29 is 17.9 Å². The Kier molecular flexibility index (Phi) is 4.08. The number of sulfonamides is 1. The zero-order chi connectivity index (χ0) is 15.9. The van der Waals surface area contributed by atoms with Gasteiger partial charge in [-0.15, -0.1) is 0 Å². The fourth-order valence-electron chi connectivity index (χ4n) is 1.97. The maximum atomic E-state index is 12.2. The monoisotopic (exact) mass is 313 g/mol. The molecule has 0 amide bonds. The second kappa shape index (κ2) is 5.26. The first-order chi connectivity index (χ1) is 9.50. The summed E-state index contributed by atoms with van der Waals surface area (Å²) in [6, 6.07) is 6.43. The summed E-state index contributed by atoms with van der Waals surface area (Å²) in [5.74, 6) is 0.630. The second-order valence-electron chi connectivity index (χ2n) is 6.85. The lowest BCUT2D eigenvalue weighted by atomic mass is 10.1. The van der Waals surface area contributed by atoms with Gasteiger partial charge in [-0.25, -0.2) is 13.1 Å². The summed E-state index contributed by atoms with van der Waals surface area (Å²) in [7, 11) is -3.51. The number of rotatable bonds is 5. The minimum atomic E-state index is -3.51. The summed E-state index contributed by atoms with van der Waals surface area (Å²) in [5.41, 5.74) is -0.927. The van der Waals surface area contributed by atoms with Gasteiger partial charge in [0.15, 0.2) is 0 Å². The van der Waals surface area contributed by atoms with Crippen molar-refractivity contribution in [3.8, 4) is 5.75 Å². The van der Waals surface area contributed by atoms with Gasteiger partial charge < -0.3 is 9.47 Å². The molecule has 1 aromatic carbocycles. The standard InChI is InChI=1S/C15H23NO4S/c1-14(2,3)16-21(17,18)12-8-6-11(7-9-12)20-15(4,5)13-10-19-13/h6-9,13,16H,10H2,1-5H3. The Morgan fingerprint density at radius 3 is 2.10 bits per heavy atom. The van der Waals surface area contributed by atoms with E-state index in [1.165, 1.54) is 0 Å². The van der Waals surface area contributed by atoms with E-state index < -0.39 is 21.2 Å². The third-order valence-electron chi connectivity index (χ3n) is 3.06. The molecule has 5 nitrogen and oxygen atoms in total. The van der Waals surface area contributed by atoms with Crippen LogP contribution in [0.5, 0.6) is 5.75 Å². The van der Waals surface area contributed by atoms with E-state index in [9.17, 15) is 8.42 Å². The van der Waals surface area contributed by atoms with E-state index in [1.54, 1.807) is 45.0 Å². The molecule has 0 radical (unpaired) electrons. The summed E-state index contributed by atoms with van der Waals surface area (Å²) in [5, 5.41) is 0. The lowest BCUT2D eigenvalue weighted by Gasteiger charge is -2.24. The molecule has 1 aliphatic rings. The van der Waals surface area contributed by atoms with E-state index >= 15 is 0 Å². The Bertz CT molecular complexity index is 596. The Labute approximate surface area is 126 Å². The van der Waals surface area contributed by atoms with Gasteiger partial charge >= 0.3 is 0 Å². The number of benzene rings is 1. The van der Waals surface area contributed by atoms with Crippen LogP contribution in [0, 0.1) is 0 Å². The zero-order valence-corrected chi connectivity index (χ0v) is 14.0. The van der Waals surface area contributed by atoms with E-state index in [4.69, 9.17) is 9.47 Å². The number of hydrogen-bond donors (Lipinski definition) is 1. The normalized spacial score (nSPS) is 19.4. The number of epoxide rings is 1. The molecule has 1 N–H and O–H groups in total. The molecule has 0 spiro atoms. The first-order valence-corrected chi connectivity index (χ1v) is 8.43.